The minimum Gasteiger partial charge on any atom is -0.493 e. The van der Waals surface area contributed by atoms with Gasteiger partial charge in [-0.05, 0) is 26.6 Å². The number of hydrogen-bond donors (Lipinski definition) is 1. The van der Waals surface area contributed by atoms with Crippen LogP contribution in [0, 0.1) is 0 Å². The highest BCUT2D eigenvalue weighted by molar-refractivity contribution is 5.46. The number of nitrogens with one attached hydrogen (secondary N) is 1. The van der Waals surface area contributed by atoms with Gasteiger partial charge in [0.15, 0.2) is 11.5 Å². The van der Waals surface area contributed by atoms with E-state index in [0.29, 0.717) is 13.2 Å². The van der Waals surface area contributed by atoms with Gasteiger partial charge in [0.1, 0.15) is 18.8 Å². The molecular formula is C18H29N5O2. The lowest BCUT2D eigenvalue weighted by molar-refractivity contribution is 0.248. The lowest BCUT2D eigenvalue weighted by atomic mass is 10.1. The van der Waals surface area contributed by atoms with Crippen molar-refractivity contribution in [2.45, 2.75) is 25.9 Å². The second-order valence-electron chi connectivity index (χ2n) is 6.18. The summed E-state index contributed by atoms with van der Waals surface area (Å²) in [5.41, 5.74) is 1.07. The zero-order valence-corrected chi connectivity index (χ0v) is 15.8. The Labute approximate surface area is 150 Å². The largest absolute Gasteiger partial charge is 0.493 e. The Morgan fingerprint density at radius 1 is 1.32 bits per heavy atom. The molecule has 138 valence electrons. The Bertz CT molecular complexity index is 657. The number of benzene rings is 1. The molecule has 0 saturated heterocycles. The van der Waals surface area contributed by atoms with Gasteiger partial charge in [-0.2, -0.15) is 5.10 Å². The third-order valence-corrected chi connectivity index (χ3v) is 4.07. The highest BCUT2D eigenvalue weighted by Gasteiger charge is 2.16. The molecule has 0 aliphatic carbocycles. The molecule has 0 bridgehead atoms. The van der Waals surface area contributed by atoms with Crippen molar-refractivity contribution < 1.29 is 9.47 Å². The molecule has 0 amide bonds. The molecule has 2 rings (SSSR count). The number of ether oxygens (including phenoxy) is 2. The summed E-state index contributed by atoms with van der Waals surface area (Å²) < 4.78 is 13.3. The van der Waals surface area contributed by atoms with Crippen LogP contribution < -0.4 is 14.8 Å². The fraction of sp³-hybridized carbons (Fsp3) is 0.556. The van der Waals surface area contributed by atoms with Gasteiger partial charge in [0.25, 0.3) is 0 Å². The van der Waals surface area contributed by atoms with Crippen molar-refractivity contribution in [3.63, 3.8) is 0 Å². The second-order valence-corrected chi connectivity index (χ2v) is 6.18. The average molecular weight is 347 g/mol. The molecule has 0 fully saturated rings. The Hall–Kier alpha value is -2.12. The summed E-state index contributed by atoms with van der Waals surface area (Å²) in [7, 11) is 7.63. The van der Waals surface area contributed by atoms with Gasteiger partial charge in [-0.3, -0.25) is 4.68 Å². The zero-order chi connectivity index (χ0) is 18.2. The van der Waals surface area contributed by atoms with E-state index in [-0.39, 0.29) is 6.04 Å². The molecular weight excluding hydrogens is 318 g/mol. The molecule has 1 aromatic carbocycles. The molecule has 1 N–H and O–H groups in total. The number of aryl methyl sites for hydroxylation is 1. The van der Waals surface area contributed by atoms with Crippen molar-refractivity contribution in [1.82, 2.24) is 25.0 Å². The molecule has 0 aliphatic rings. The van der Waals surface area contributed by atoms with Crippen LogP contribution in [-0.2, 0) is 13.6 Å². The van der Waals surface area contributed by atoms with Gasteiger partial charge in [-0.1, -0.05) is 19.1 Å². The monoisotopic (exact) mass is 347 g/mol. The van der Waals surface area contributed by atoms with Gasteiger partial charge >= 0.3 is 0 Å². The van der Waals surface area contributed by atoms with Crippen molar-refractivity contribution in [3.05, 3.63) is 35.9 Å². The number of nitrogens with zero attached hydrogens (tertiary/aromatic N) is 4. The highest BCUT2D eigenvalue weighted by atomic mass is 16.5. The van der Waals surface area contributed by atoms with E-state index in [2.05, 4.69) is 33.3 Å². The van der Waals surface area contributed by atoms with E-state index < -0.39 is 0 Å². The van der Waals surface area contributed by atoms with Gasteiger partial charge in [-0.15, -0.1) is 0 Å². The normalized spacial score (nSPS) is 12.4. The molecule has 1 atom stereocenters. The number of para-hydroxylation sites is 1. The van der Waals surface area contributed by atoms with Crippen LogP contribution in [0.3, 0.4) is 0 Å². The molecule has 2 aromatic rings. The Kier molecular flexibility index (Phi) is 7.21. The molecule has 1 heterocycles. The second kappa shape index (κ2) is 9.39. The first-order chi connectivity index (χ1) is 12.1. The van der Waals surface area contributed by atoms with E-state index in [1.165, 1.54) is 0 Å². The van der Waals surface area contributed by atoms with Crippen molar-refractivity contribution in [1.29, 1.82) is 0 Å². The third kappa shape index (κ3) is 5.17. The van der Waals surface area contributed by atoms with E-state index in [0.717, 1.165) is 35.9 Å². The fourth-order valence-electron chi connectivity index (χ4n) is 2.63. The molecule has 25 heavy (non-hydrogen) atoms. The van der Waals surface area contributed by atoms with Crippen molar-refractivity contribution in [3.8, 4) is 11.5 Å². The molecule has 0 saturated carbocycles. The minimum absolute atomic E-state index is 0.133. The van der Waals surface area contributed by atoms with Crippen molar-refractivity contribution in [2.24, 2.45) is 7.05 Å². The summed E-state index contributed by atoms with van der Waals surface area (Å²) in [5, 5.41) is 7.71. The zero-order valence-electron chi connectivity index (χ0n) is 15.8. The number of rotatable bonds is 10. The number of likely N-dealkylation sites (N-methyl/N-ethyl adjacent to an activating group) is 1. The fourth-order valence-corrected chi connectivity index (χ4v) is 2.63. The summed E-state index contributed by atoms with van der Waals surface area (Å²) in [4.78, 5) is 6.44. The molecule has 7 heteroatoms. The Balaban J connectivity index is 2.10. The molecule has 1 aromatic heterocycles. The van der Waals surface area contributed by atoms with Gasteiger partial charge in [0.2, 0.25) is 0 Å². The molecule has 1 unspecified atom stereocenters. The lowest BCUT2D eigenvalue weighted by Gasteiger charge is -2.19. The first-order valence-electron chi connectivity index (χ1n) is 8.57. The van der Waals surface area contributed by atoms with Crippen molar-refractivity contribution >= 4 is 0 Å². The smallest absolute Gasteiger partial charge is 0.165 e. The molecule has 0 aliphatic heterocycles. The predicted molar refractivity (Wildman–Crippen MR) is 97.9 cm³/mol. The Morgan fingerprint density at radius 2 is 2.12 bits per heavy atom. The topological polar surface area (TPSA) is 64.4 Å². The first kappa shape index (κ1) is 19.2. The standard InChI is InChI=1S/C18H29N5O2/c1-6-15(18-20-13-21-23(18)4)19-12-14-8-7-9-16(24-5)17(14)25-11-10-22(2)3/h7-9,13,15,19H,6,10-12H2,1-5H3. The lowest BCUT2D eigenvalue weighted by Crippen LogP contribution is -2.24. The molecule has 0 spiro atoms. The third-order valence-electron chi connectivity index (χ3n) is 4.07. The Morgan fingerprint density at radius 3 is 2.72 bits per heavy atom. The maximum absolute atomic E-state index is 6.01. The SMILES string of the molecule is CCC(NCc1cccc(OC)c1OCCN(C)C)c1ncnn1C. The van der Waals surface area contributed by atoms with E-state index in [1.807, 2.05) is 33.3 Å². The van der Waals surface area contributed by atoms with Crippen LogP contribution in [0.1, 0.15) is 30.8 Å². The van der Waals surface area contributed by atoms with Crippen LogP contribution in [-0.4, -0.2) is 54.0 Å². The van der Waals surface area contributed by atoms with E-state index in [4.69, 9.17) is 9.47 Å². The quantitative estimate of drug-likeness (QED) is 0.709. The van der Waals surface area contributed by atoms with Gasteiger partial charge in [-0.25, -0.2) is 4.98 Å². The van der Waals surface area contributed by atoms with Crippen LogP contribution in [0.2, 0.25) is 0 Å². The summed E-state index contributed by atoms with van der Waals surface area (Å²) >= 11 is 0. The summed E-state index contributed by atoms with van der Waals surface area (Å²) in [6.07, 6.45) is 2.51. The van der Waals surface area contributed by atoms with Crippen LogP contribution in [0.5, 0.6) is 11.5 Å². The van der Waals surface area contributed by atoms with Gasteiger partial charge in [0, 0.05) is 25.7 Å². The number of aromatic nitrogens is 3. The van der Waals surface area contributed by atoms with Crippen molar-refractivity contribution in [2.75, 3.05) is 34.4 Å². The maximum Gasteiger partial charge on any atom is 0.165 e. The van der Waals surface area contributed by atoms with Crippen LogP contribution in [0.25, 0.3) is 0 Å². The first-order valence-corrected chi connectivity index (χ1v) is 8.57. The van der Waals surface area contributed by atoms with E-state index >= 15 is 0 Å². The van der Waals surface area contributed by atoms with E-state index in [1.54, 1.807) is 18.1 Å². The van der Waals surface area contributed by atoms with Crippen LogP contribution >= 0.6 is 0 Å². The maximum atomic E-state index is 6.01. The van der Waals surface area contributed by atoms with Crippen LogP contribution in [0.4, 0.5) is 0 Å². The summed E-state index contributed by atoms with van der Waals surface area (Å²) in [5.74, 6) is 2.48. The van der Waals surface area contributed by atoms with Gasteiger partial charge < -0.3 is 19.7 Å². The van der Waals surface area contributed by atoms with Gasteiger partial charge in [0.05, 0.1) is 13.2 Å². The minimum atomic E-state index is 0.133. The molecule has 0 radical (unpaired) electrons. The number of methoxy groups -OCH3 is 1. The van der Waals surface area contributed by atoms with E-state index in [9.17, 15) is 0 Å². The number of hydrogen-bond acceptors (Lipinski definition) is 6. The van der Waals surface area contributed by atoms with Crippen LogP contribution in [0.15, 0.2) is 24.5 Å². The summed E-state index contributed by atoms with van der Waals surface area (Å²) in [6, 6.07) is 6.10. The predicted octanol–water partition coefficient (Wildman–Crippen LogP) is 2.00. The molecule has 7 nitrogen and oxygen atoms in total. The summed E-state index contributed by atoms with van der Waals surface area (Å²) in [6.45, 7) is 4.26. The average Bonchev–Trinajstić information content (AvgIpc) is 3.02. The highest BCUT2D eigenvalue weighted by Crippen LogP contribution is 2.31.